The minimum absolute atomic E-state index is 0.0481. The first-order chi connectivity index (χ1) is 12.7. The zero-order valence-corrected chi connectivity index (χ0v) is 17.3. The van der Waals surface area contributed by atoms with Gasteiger partial charge in [-0.25, -0.2) is 8.78 Å². The van der Waals surface area contributed by atoms with Crippen LogP contribution < -0.4 is 10.1 Å². The fourth-order valence-corrected chi connectivity index (χ4v) is 3.25. The Bertz CT molecular complexity index is 794. The summed E-state index contributed by atoms with van der Waals surface area (Å²) in [5.41, 5.74) is 0.990. The maximum absolute atomic E-state index is 14.1. The van der Waals surface area contributed by atoms with Gasteiger partial charge in [-0.2, -0.15) is 0 Å². The number of rotatable bonds is 7. The molecule has 7 heteroatoms. The van der Waals surface area contributed by atoms with Crippen LogP contribution >= 0.6 is 15.9 Å². The van der Waals surface area contributed by atoms with E-state index in [1.54, 1.807) is 32.0 Å². The molecule has 2 atom stereocenters. The number of aryl methyl sites for hydroxylation is 1. The van der Waals surface area contributed by atoms with Crippen LogP contribution in [-0.2, 0) is 4.79 Å². The van der Waals surface area contributed by atoms with E-state index in [4.69, 9.17) is 4.74 Å². The fourth-order valence-electron chi connectivity index (χ4n) is 2.66. The Morgan fingerprint density at radius 3 is 2.41 bits per heavy atom. The van der Waals surface area contributed by atoms with Gasteiger partial charge in [0.05, 0.1) is 10.5 Å². The first-order valence-corrected chi connectivity index (χ1v) is 9.31. The van der Waals surface area contributed by atoms with Gasteiger partial charge < -0.3 is 15.0 Å². The first kappa shape index (κ1) is 21.3. The molecule has 27 heavy (non-hydrogen) atoms. The molecule has 1 amide bonds. The highest BCUT2D eigenvalue weighted by Gasteiger charge is 2.24. The molecule has 2 aromatic rings. The SMILES string of the molecule is Cc1ccc(OC(C)C(=O)NCC(c2c(F)cccc2F)N(C)C)c(Br)c1. The topological polar surface area (TPSA) is 41.6 Å². The smallest absolute Gasteiger partial charge is 0.260 e. The van der Waals surface area contributed by atoms with Gasteiger partial charge in [0.1, 0.15) is 17.4 Å². The van der Waals surface area contributed by atoms with Crippen LogP contribution in [0.2, 0.25) is 0 Å². The van der Waals surface area contributed by atoms with E-state index in [-0.39, 0.29) is 18.0 Å². The first-order valence-electron chi connectivity index (χ1n) is 8.51. The van der Waals surface area contributed by atoms with Gasteiger partial charge in [-0.3, -0.25) is 4.79 Å². The third-order valence-electron chi connectivity index (χ3n) is 4.19. The van der Waals surface area contributed by atoms with Crippen LogP contribution in [0, 0.1) is 18.6 Å². The molecule has 146 valence electrons. The van der Waals surface area contributed by atoms with Crippen LogP contribution in [0.15, 0.2) is 40.9 Å². The molecule has 0 aliphatic heterocycles. The second kappa shape index (κ2) is 9.28. The van der Waals surface area contributed by atoms with Crippen molar-refractivity contribution in [2.24, 2.45) is 0 Å². The molecule has 0 heterocycles. The van der Waals surface area contributed by atoms with Gasteiger partial charge in [-0.05, 0) is 73.7 Å². The highest BCUT2D eigenvalue weighted by molar-refractivity contribution is 9.10. The normalized spacial score (nSPS) is 13.3. The molecular weight excluding hydrogens is 418 g/mol. The fraction of sp³-hybridized carbons (Fsp3) is 0.350. The molecule has 0 saturated heterocycles. The molecule has 2 aromatic carbocycles. The Hall–Kier alpha value is -1.99. The number of nitrogens with one attached hydrogen (secondary N) is 1. The Morgan fingerprint density at radius 2 is 1.85 bits per heavy atom. The van der Waals surface area contributed by atoms with Gasteiger partial charge >= 0.3 is 0 Å². The number of carbonyl (C=O) groups is 1. The minimum Gasteiger partial charge on any atom is -0.480 e. The predicted molar refractivity (Wildman–Crippen MR) is 105 cm³/mol. The molecule has 0 saturated carbocycles. The van der Waals surface area contributed by atoms with Crippen molar-refractivity contribution in [3.05, 3.63) is 63.6 Å². The summed E-state index contributed by atoms with van der Waals surface area (Å²) in [6, 6.07) is 8.63. The molecule has 2 unspecified atom stereocenters. The van der Waals surface area contributed by atoms with Crippen molar-refractivity contribution in [3.8, 4) is 5.75 Å². The lowest BCUT2D eigenvalue weighted by Gasteiger charge is -2.26. The van der Waals surface area contributed by atoms with Crippen molar-refractivity contribution in [1.29, 1.82) is 0 Å². The zero-order chi connectivity index (χ0) is 20.1. The number of hydrogen-bond donors (Lipinski definition) is 1. The number of nitrogens with zero attached hydrogens (tertiary/aromatic N) is 1. The van der Waals surface area contributed by atoms with Crippen molar-refractivity contribution in [2.75, 3.05) is 20.6 Å². The number of benzene rings is 2. The van der Waals surface area contributed by atoms with Crippen molar-refractivity contribution in [3.63, 3.8) is 0 Å². The van der Waals surface area contributed by atoms with E-state index in [0.29, 0.717) is 5.75 Å². The number of amides is 1. The average Bonchev–Trinajstić information content (AvgIpc) is 2.59. The van der Waals surface area contributed by atoms with E-state index < -0.39 is 23.8 Å². The maximum atomic E-state index is 14.1. The van der Waals surface area contributed by atoms with Crippen LogP contribution in [0.5, 0.6) is 5.75 Å². The molecule has 0 spiro atoms. The second-order valence-electron chi connectivity index (χ2n) is 6.55. The van der Waals surface area contributed by atoms with E-state index in [1.807, 2.05) is 19.1 Å². The standard InChI is InChI=1S/C20H23BrF2N2O2/c1-12-8-9-18(14(21)10-12)27-13(2)20(26)24-11-17(25(3)4)19-15(22)6-5-7-16(19)23/h5-10,13,17H,11H2,1-4H3,(H,24,26). The highest BCUT2D eigenvalue weighted by Crippen LogP contribution is 2.27. The summed E-state index contributed by atoms with van der Waals surface area (Å²) >= 11 is 3.41. The Kier molecular flexibility index (Phi) is 7.33. The predicted octanol–water partition coefficient (Wildman–Crippen LogP) is 4.22. The molecule has 1 N–H and O–H groups in total. The lowest BCUT2D eigenvalue weighted by atomic mass is 10.0. The van der Waals surface area contributed by atoms with Crippen LogP contribution in [-0.4, -0.2) is 37.6 Å². The lowest BCUT2D eigenvalue weighted by molar-refractivity contribution is -0.127. The van der Waals surface area contributed by atoms with Crippen LogP contribution in [0.3, 0.4) is 0 Å². The monoisotopic (exact) mass is 440 g/mol. The van der Waals surface area contributed by atoms with Gasteiger partial charge in [0, 0.05) is 12.1 Å². The van der Waals surface area contributed by atoms with E-state index in [9.17, 15) is 13.6 Å². The van der Waals surface area contributed by atoms with Crippen molar-refractivity contribution < 1.29 is 18.3 Å². The number of ether oxygens (including phenoxy) is 1. The summed E-state index contributed by atoms with van der Waals surface area (Å²) in [5, 5.41) is 2.71. The number of hydrogen-bond acceptors (Lipinski definition) is 3. The third-order valence-corrected chi connectivity index (χ3v) is 4.81. The van der Waals surface area contributed by atoms with Gasteiger partial charge in [0.15, 0.2) is 6.10 Å². The van der Waals surface area contributed by atoms with Crippen LogP contribution in [0.25, 0.3) is 0 Å². The van der Waals surface area contributed by atoms with Gasteiger partial charge in [0.25, 0.3) is 5.91 Å². The summed E-state index contributed by atoms with van der Waals surface area (Å²) in [4.78, 5) is 14.1. The number of likely N-dealkylation sites (N-methyl/N-ethyl adjacent to an activating group) is 1. The van der Waals surface area contributed by atoms with E-state index in [2.05, 4.69) is 21.2 Å². The molecule has 2 rings (SSSR count). The van der Waals surface area contributed by atoms with Crippen molar-refractivity contribution >= 4 is 21.8 Å². The van der Waals surface area contributed by atoms with Crippen molar-refractivity contribution in [2.45, 2.75) is 26.0 Å². The van der Waals surface area contributed by atoms with Gasteiger partial charge in [0.2, 0.25) is 0 Å². The maximum Gasteiger partial charge on any atom is 0.260 e. The second-order valence-corrected chi connectivity index (χ2v) is 7.41. The molecular formula is C20H23BrF2N2O2. The average molecular weight is 441 g/mol. The van der Waals surface area contributed by atoms with Gasteiger partial charge in [-0.1, -0.05) is 12.1 Å². The lowest BCUT2D eigenvalue weighted by Crippen LogP contribution is -2.41. The summed E-state index contributed by atoms with van der Waals surface area (Å²) in [7, 11) is 3.40. The van der Waals surface area contributed by atoms with Crippen LogP contribution in [0.4, 0.5) is 8.78 Å². The Balaban J connectivity index is 2.05. The molecule has 0 aliphatic carbocycles. The zero-order valence-electron chi connectivity index (χ0n) is 15.7. The van der Waals surface area contributed by atoms with Crippen LogP contribution in [0.1, 0.15) is 24.1 Å². The summed E-state index contributed by atoms with van der Waals surface area (Å²) < 4.78 is 34.6. The largest absolute Gasteiger partial charge is 0.480 e. The molecule has 0 fully saturated rings. The number of halogens is 3. The Morgan fingerprint density at radius 1 is 1.22 bits per heavy atom. The molecule has 0 aliphatic rings. The molecule has 0 bridgehead atoms. The molecule has 4 nitrogen and oxygen atoms in total. The molecule has 0 radical (unpaired) electrons. The summed E-state index contributed by atoms with van der Waals surface area (Å²) in [6.45, 7) is 3.62. The Labute approximate surface area is 166 Å². The summed E-state index contributed by atoms with van der Waals surface area (Å²) in [5.74, 6) is -1.11. The summed E-state index contributed by atoms with van der Waals surface area (Å²) in [6.07, 6.45) is -0.766. The van der Waals surface area contributed by atoms with Gasteiger partial charge in [-0.15, -0.1) is 0 Å². The van der Waals surface area contributed by atoms with Crippen molar-refractivity contribution in [1.82, 2.24) is 10.2 Å². The molecule has 0 aromatic heterocycles. The van der Waals surface area contributed by atoms with E-state index in [0.717, 1.165) is 10.0 Å². The van der Waals surface area contributed by atoms with E-state index in [1.165, 1.54) is 18.2 Å². The number of carbonyl (C=O) groups excluding carboxylic acids is 1. The highest BCUT2D eigenvalue weighted by atomic mass is 79.9. The minimum atomic E-state index is -0.766. The van der Waals surface area contributed by atoms with E-state index >= 15 is 0 Å². The third kappa shape index (κ3) is 5.49. The quantitative estimate of drug-likeness (QED) is 0.700.